The Morgan fingerprint density at radius 2 is 1.93 bits per heavy atom. The molecular formula is C12H17FOS. The van der Waals surface area contributed by atoms with Crippen LogP contribution in [0.15, 0.2) is 23.1 Å². The Morgan fingerprint density at radius 1 is 1.33 bits per heavy atom. The molecule has 0 unspecified atom stereocenters. The van der Waals surface area contributed by atoms with Crippen molar-refractivity contribution in [2.45, 2.75) is 43.4 Å². The number of hydrogen-bond donors (Lipinski definition) is 1. The number of benzene rings is 1. The Balaban J connectivity index is 3.12. The molecule has 0 amide bonds. The molecule has 0 fully saturated rings. The summed E-state index contributed by atoms with van der Waals surface area (Å²) in [5.41, 5.74) is 0.400. The van der Waals surface area contributed by atoms with Gasteiger partial charge in [0.1, 0.15) is 5.82 Å². The van der Waals surface area contributed by atoms with Crippen molar-refractivity contribution < 1.29 is 9.50 Å². The van der Waals surface area contributed by atoms with Crippen molar-refractivity contribution in [1.29, 1.82) is 0 Å². The highest BCUT2D eigenvalue weighted by Gasteiger charge is 2.19. The van der Waals surface area contributed by atoms with Crippen LogP contribution < -0.4 is 0 Å². The lowest BCUT2D eigenvalue weighted by Gasteiger charge is -2.21. The Hall–Kier alpha value is -0.540. The van der Waals surface area contributed by atoms with Crippen LogP contribution in [0.1, 0.15) is 39.4 Å². The van der Waals surface area contributed by atoms with E-state index in [0.717, 1.165) is 4.90 Å². The van der Waals surface area contributed by atoms with Gasteiger partial charge in [0.25, 0.3) is 0 Å². The molecule has 1 rings (SSSR count). The standard InChI is InChI=1S/C12H17FOS/c1-8(14)11-9(13)6-5-7-10(11)15-12(2,3)4/h5-8,14H,1-4H3/t8-/m1/s1. The second-order valence-electron chi connectivity index (χ2n) is 4.54. The van der Waals surface area contributed by atoms with Gasteiger partial charge in [-0.25, -0.2) is 4.39 Å². The summed E-state index contributed by atoms with van der Waals surface area (Å²) < 4.78 is 13.5. The van der Waals surface area contributed by atoms with E-state index >= 15 is 0 Å². The van der Waals surface area contributed by atoms with Crippen LogP contribution in [0, 0.1) is 5.82 Å². The van der Waals surface area contributed by atoms with Gasteiger partial charge in [-0.1, -0.05) is 26.8 Å². The van der Waals surface area contributed by atoms with Gasteiger partial charge in [-0.05, 0) is 19.1 Å². The van der Waals surface area contributed by atoms with Gasteiger partial charge in [-0.15, -0.1) is 11.8 Å². The molecule has 0 saturated heterocycles. The minimum atomic E-state index is -0.768. The minimum Gasteiger partial charge on any atom is -0.389 e. The second-order valence-corrected chi connectivity index (χ2v) is 6.41. The first-order chi connectivity index (χ1) is 6.81. The van der Waals surface area contributed by atoms with Crippen molar-refractivity contribution in [3.63, 3.8) is 0 Å². The van der Waals surface area contributed by atoms with E-state index in [9.17, 15) is 9.50 Å². The zero-order valence-electron chi connectivity index (χ0n) is 9.54. The zero-order chi connectivity index (χ0) is 11.6. The van der Waals surface area contributed by atoms with Crippen LogP contribution in [0.2, 0.25) is 0 Å². The van der Waals surface area contributed by atoms with E-state index in [0.29, 0.717) is 5.56 Å². The summed E-state index contributed by atoms with van der Waals surface area (Å²) >= 11 is 1.57. The first-order valence-corrected chi connectivity index (χ1v) is 5.78. The Bertz CT molecular complexity index is 342. The maximum absolute atomic E-state index is 13.5. The number of aliphatic hydroxyl groups excluding tert-OH is 1. The van der Waals surface area contributed by atoms with Crippen LogP contribution in [-0.4, -0.2) is 9.85 Å². The first kappa shape index (κ1) is 12.5. The average molecular weight is 228 g/mol. The highest BCUT2D eigenvalue weighted by Crippen LogP contribution is 2.37. The van der Waals surface area contributed by atoms with Gasteiger partial charge >= 0.3 is 0 Å². The molecule has 1 aromatic rings. The van der Waals surface area contributed by atoms with Crippen LogP contribution in [-0.2, 0) is 0 Å². The monoisotopic (exact) mass is 228 g/mol. The van der Waals surface area contributed by atoms with Crippen molar-refractivity contribution in [3.8, 4) is 0 Å². The molecule has 0 aliphatic rings. The number of rotatable bonds is 2. The summed E-state index contributed by atoms with van der Waals surface area (Å²) in [4.78, 5) is 0.817. The maximum Gasteiger partial charge on any atom is 0.130 e. The number of hydrogen-bond acceptors (Lipinski definition) is 2. The third kappa shape index (κ3) is 3.50. The molecule has 84 valence electrons. The van der Waals surface area contributed by atoms with E-state index < -0.39 is 6.10 Å². The highest BCUT2D eigenvalue weighted by molar-refractivity contribution is 8.00. The Kier molecular flexibility index (Phi) is 3.79. The molecule has 1 atom stereocenters. The van der Waals surface area contributed by atoms with Gasteiger partial charge in [0.2, 0.25) is 0 Å². The predicted octanol–water partition coefficient (Wildman–Crippen LogP) is 3.77. The molecule has 0 radical (unpaired) electrons. The fourth-order valence-corrected chi connectivity index (χ4v) is 2.53. The lowest BCUT2D eigenvalue weighted by Crippen LogP contribution is -2.09. The van der Waals surface area contributed by atoms with E-state index in [-0.39, 0.29) is 10.6 Å². The average Bonchev–Trinajstić information content (AvgIpc) is 1.99. The predicted molar refractivity (Wildman–Crippen MR) is 62.6 cm³/mol. The third-order valence-corrected chi connectivity index (χ3v) is 3.04. The molecule has 1 aromatic carbocycles. The van der Waals surface area contributed by atoms with Crippen LogP contribution in [0.4, 0.5) is 4.39 Å². The molecule has 1 nitrogen and oxygen atoms in total. The summed E-state index contributed by atoms with van der Waals surface area (Å²) in [5.74, 6) is -0.334. The number of halogens is 1. The largest absolute Gasteiger partial charge is 0.389 e. The summed E-state index contributed by atoms with van der Waals surface area (Å²) in [6, 6.07) is 4.91. The summed E-state index contributed by atoms with van der Waals surface area (Å²) in [5, 5.41) is 9.53. The van der Waals surface area contributed by atoms with Gasteiger partial charge in [-0.2, -0.15) is 0 Å². The molecule has 3 heteroatoms. The van der Waals surface area contributed by atoms with Crippen LogP contribution in [0.3, 0.4) is 0 Å². The van der Waals surface area contributed by atoms with Crippen molar-refractivity contribution in [1.82, 2.24) is 0 Å². The fourth-order valence-electron chi connectivity index (χ4n) is 1.34. The van der Waals surface area contributed by atoms with Gasteiger partial charge in [0.05, 0.1) is 6.10 Å². The normalized spacial score (nSPS) is 14.0. The van der Waals surface area contributed by atoms with Crippen molar-refractivity contribution in [3.05, 3.63) is 29.6 Å². The zero-order valence-corrected chi connectivity index (χ0v) is 10.4. The van der Waals surface area contributed by atoms with Crippen molar-refractivity contribution in [2.24, 2.45) is 0 Å². The lowest BCUT2D eigenvalue weighted by atomic mass is 10.1. The second kappa shape index (κ2) is 4.54. The molecule has 0 bridgehead atoms. The molecule has 0 aromatic heterocycles. The summed E-state index contributed by atoms with van der Waals surface area (Å²) in [6.07, 6.45) is -0.768. The SMILES string of the molecule is C[C@@H](O)c1c(F)cccc1SC(C)(C)C. The lowest BCUT2D eigenvalue weighted by molar-refractivity contribution is 0.191. The van der Waals surface area contributed by atoms with Gasteiger partial charge in [-0.3, -0.25) is 0 Å². The molecule has 0 aliphatic carbocycles. The summed E-state index contributed by atoms with van der Waals surface area (Å²) in [6.45, 7) is 7.78. The topological polar surface area (TPSA) is 20.2 Å². The molecular weight excluding hydrogens is 211 g/mol. The molecule has 0 spiro atoms. The Labute approximate surface area is 94.7 Å². The molecule has 15 heavy (non-hydrogen) atoms. The fraction of sp³-hybridized carbons (Fsp3) is 0.500. The van der Waals surface area contributed by atoms with Gasteiger partial charge in [0.15, 0.2) is 0 Å². The van der Waals surface area contributed by atoms with Gasteiger partial charge < -0.3 is 5.11 Å². The highest BCUT2D eigenvalue weighted by atomic mass is 32.2. The molecule has 0 heterocycles. The maximum atomic E-state index is 13.5. The van der Waals surface area contributed by atoms with Gasteiger partial charge in [0, 0.05) is 15.2 Å². The Morgan fingerprint density at radius 3 is 2.40 bits per heavy atom. The number of aliphatic hydroxyl groups is 1. The van der Waals surface area contributed by atoms with E-state index in [1.807, 2.05) is 6.07 Å². The van der Waals surface area contributed by atoms with Crippen LogP contribution >= 0.6 is 11.8 Å². The molecule has 1 N–H and O–H groups in total. The van der Waals surface area contributed by atoms with E-state index in [1.54, 1.807) is 24.8 Å². The first-order valence-electron chi connectivity index (χ1n) is 4.97. The number of thioether (sulfide) groups is 1. The molecule has 0 aliphatic heterocycles. The van der Waals surface area contributed by atoms with Crippen LogP contribution in [0.25, 0.3) is 0 Å². The van der Waals surface area contributed by atoms with E-state index in [1.165, 1.54) is 6.07 Å². The smallest absolute Gasteiger partial charge is 0.130 e. The van der Waals surface area contributed by atoms with Crippen LogP contribution in [0.5, 0.6) is 0 Å². The van der Waals surface area contributed by atoms with E-state index in [2.05, 4.69) is 20.8 Å². The minimum absolute atomic E-state index is 0.0113. The third-order valence-electron chi connectivity index (χ3n) is 1.85. The van der Waals surface area contributed by atoms with E-state index in [4.69, 9.17) is 0 Å². The summed E-state index contributed by atoms with van der Waals surface area (Å²) in [7, 11) is 0. The van der Waals surface area contributed by atoms with Crippen molar-refractivity contribution >= 4 is 11.8 Å². The molecule has 0 saturated carbocycles. The quantitative estimate of drug-likeness (QED) is 0.777. The van der Waals surface area contributed by atoms with Crippen molar-refractivity contribution in [2.75, 3.05) is 0 Å².